The van der Waals surface area contributed by atoms with Crippen molar-refractivity contribution in [3.63, 3.8) is 0 Å². The molecule has 0 radical (unpaired) electrons. The van der Waals surface area contributed by atoms with Crippen LogP contribution in [0.3, 0.4) is 0 Å². The Labute approximate surface area is 125 Å². The van der Waals surface area contributed by atoms with E-state index in [1.807, 2.05) is 10.9 Å². The summed E-state index contributed by atoms with van der Waals surface area (Å²) < 4.78 is 7.96. The predicted octanol–water partition coefficient (Wildman–Crippen LogP) is 2.74. The second-order valence-corrected chi connectivity index (χ2v) is 6.35. The van der Waals surface area contributed by atoms with Crippen LogP contribution in [0.15, 0.2) is 24.0 Å². The van der Waals surface area contributed by atoms with Gasteiger partial charge < -0.3 is 9.64 Å². The van der Waals surface area contributed by atoms with E-state index in [1.165, 1.54) is 5.57 Å². The van der Waals surface area contributed by atoms with Gasteiger partial charge in [0.15, 0.2) is 0 Å². The molecule has 0 saturated carbocycles. The number of rotatable bonds is 3. The fraction of sp³-hybridized carbons (Fsp3) is 0.667. The third kappa shape index (κ3) is 3.25. The third-order valence-corrected chi connectivity index (χ3v) is 4.54. The van der Waals surface area contributed by atoms with E-state index in [0.717, 1.165) is 52.0 Å². The Morgan fingerprint density at radius 2 is 2.15 bits per heavy atom. The van der Waals surface area contributed by atoms with Gasteiger partial charge in [-0.05, 0) is 26.2 Å². The summed E-state index contributed by atoms with van der Waals surface area (Å²) in [6, 6.07) is 0. The Morgan fingerprint density at radius 3 is 2.80 bits per heavy atom. The summed E-state index contributed by atoms with van der Waals surface area (Å²) in [4.78, 5) is 2.49. The molecule has 0 amide bonds. The molecule has 1 aromatic rings. The number of likely N-dealkylation sites (tertiary alicyclic amines) is 1. The van der Waals surface area contributed by atoms with Crippen molar-refractivity contribution < 1.29 is 4.74 Å². The van der Waals surface area contributed by atoms with Crippen LogP contribution in [-0.4, -0.2) is 46.5 Å². The zero-order valence-corrected chi connectivity index (χ0v) is 12.8. The summed E-state index contributed by atoms with van der Waals surface area (Å²) in [5.41, 5.74) is 1.50. The first-order chi connectivity index (χ1) is 9.65. The van der Waals surface area contributed by atoms with E-state index in [0.29, 0.717) is 5.02 Å². The molecule has 4 nitrogen and oxygen atoms in total. The maximum absolute atomic E-state index is 6.05. The summed E-state index contributed by atoms with van der Waals surface area (Å²) >= 11 is 5.87. The van der Waals surface area contributed by atoms with Crippen molar-refractivity contribution in [2.45, 2.75) is 38.3 Å². The van der Waals surface area contributed by atoms with Gasteiger partial charge in [0.25, 0.3) is 0 Å². The van der Waals surface area contributed by atoms with Crippen LogP contribution >= 0.6 is 11.6 Å². The molecule has 0 atom stereocenters. The van der Waals surface area contributed by atoms with Crippen LogP contribution in [0.5, 0.6) is 0 Å². The SMILES string of the molecule is CC1=CC2(CCN(CCn3cc(Cl)cn3)CC2)OCC1. The summed E-state index contributed by atoms with van der Waals surface area (Å²) in [6.45, 7) is 7.22. The van der Waals surface area contributed by atoms with E-state index in [4.69, 9.17) is 16.3 Å². The Hall–Kier alpha value is -0.840. The fourth-order valence-electron chi connectivity index (χ4n) is 3.13. The number of hydrogen-bond acceptors (Lipinski definition) is 3. The molecule has 1 saturated heterocycles. The largest absolute Gasteiger partial charge is 0.370 e. The Kier molecular flexibility index (Phi) is 4.15. The lowest BCUT2D eigenvalue weighted by Crippen LogP contribution is -2.47. The van der Waals surface area contributed by atoms with E-state index in [2.05, 4.69) is 23.0 Å². The van der Waals surface area contributed by atoms with Crippen LogP contribution < -0.4 is 0 Å². The topological polar surface area (TPSA) is 30.3 Å². The van der Waals surface area contributed by atoms with Crippen molar-refractivity contribution in [1.29, 1.82) is 0 Å². The second kappa shape index (κ2) is 5.88. The van der Waals surface area contributed by atoms with Crippen molar-refractivity contribution in [1.82, 2.24) is 14.7 Å². The summed E-state index contributed by atoms with van der Waals surface area (Å²) in [7, 11) is 0. The van der Waals surface area contributed by atoms with E-state index in [-0.39, 0.29) is 5.60 Å². The van der Waals surface area contributed by atoms with Gasteiger partial charge in [-0.3, -0.25) is 4.68 Å². The predicted molar refractivity (Wildman–Crippen MR) is 80.0 cm³/mol. The molecule has 2 aliphatic heterocycles. The number of ether oxygens (including phenoxy) is 1. The minimum atomic E-state index is 0.0217. The minimum Gasteiger partial charge on any atom is -0.370 e. The highest BCUT2D eigenvalue weighted by Crippen LogP contribution is 2.32. The molecule has 20 heavy (non-hydrogen) atoms. The van der Waals surface area contributed by atoms with Crippen molar-refractivity contribution in [2.75, 3.05) is 26.2 Å². The lowest BCUT2D eigenvalue weighted by molar-refractivity contribution is -0.0568. The Balaban J connectivity index is 1.50. The summed E-state index contributed by atoms with van der Waals surface area (Å²) in [5.74, 6) is 0. The highest BCUT2D eigenvalue weighted by atomic mass is 35.5. The smallest absolute Gasteiger partial charge is 0.0889 e. The van der Waals surface area contributed by atoms with Gasteiger partial charge in [-0.15, -0.1) is 0 Å². The van der Waals surface area contributed by atoms with Gasteiger partial charge in [0.2, 0.25) is 0 Å². The van der Waals surface area contributed by atoms with E-state index >= 15 is 0 Å². The molecule has 5 heteroatoms. The normalized spacial score (nSPS) is 23.0. The number of piperidine rings is 1. The lowest BCUT2D eigenvalue weighted by atomic mass is 9.87. The van der Waals surface area contributed by atoms with Gasteiger partial charge in [0.05, 0.1) is 30.0 Å². The molecule has 0 bridgehead atoms. The first-order valence-electron chi connectivity index (χ1n) is 7.38. The first kappa shape index (κ1) is 14.1. The summed E-state index contributed by atoms with van der Waals surface area (Å²) in [5, 5.41) is 4.92. The highest BCUT2D eigenvalue weighted by molar-refractivity contribution is 6.30. The van der Waals surface area contributed by atoms with Crippen LogP contribution in [0.25, 0.3) is 0 Å². The van der Waals surface area contributed by atoms with Gasteiger partial charge in [-0.25, -0.2) is 0 Å². The van der Waals surface area contributed by atoms with E-state index in [1.54, 1.807) is 6.20 Å². The minimum absolute atomic E-state index is 0.0217. The highest BCUT2D eigenvalue weighted by Gasteiger charge is 2.35. The summed E-state index contributed by atoms with van der Waals surface area (Å²) in [6.07, 6.45) is 9.22. The number of halogens is 1. The van der Waals surface area contributed by atoms with E-state index in [9.17, 15) is 0 Å². The average Bonchev–Trinajstić information content (AvgIpc) is 2.84. The molecule has 3 heterocycles. The molecular weight excluding hydrogens is 274 g/mol. The molecule has 110 valence electrons. The lowest BCUT2D eigenvalue weighted by Gasteiger charge is -2.42. The molecule has 1 spiro atoms. The number of hydrogen-bond donors (Lipinski definition) is 0. The van der Waals surface area contributed by atoms with Crippen molar-refractivity contribution in [3.05, 3.63) is 29.1 Å². The zero-order chi connectivity index (χ0) is 14.0. The maximum Gasteiger partial charge on any atom is 0.0889 e. The molecule has 2 aliphatic rings. The quantitative estimate of drug-likeness (QED) is 0.803. The molecule has 0 N–H and O–H groups in total. The number of aromatic nitrogens is 2. The van der Waals surface area contributed by atoms with Crippen LogP contribution in [0.1, 0.15) is 26.2 Å². The van der Waals surface area contributed by atoms with Crippen molar-refractivity contribution >= 4 is 11.6 Å². The molecule has 0 aromatic carbocycles. The Bertz CT molecular complexity index is 489. The Morgan fingerprint density at radius 1 is 1.35 bits per heavy atom. The van der Waals surface area contributed by atoms with Crippen LogP contribution in [-0.2, 0) is 11.3 Å². The van der Waals surface area contributed by atoms with Crippen LogP contribution in [0.4, 0.5) is 0 Å². The molecular formula is C15H22ClN3O. The maximum atomic E-state index is 6.05. The first-order valence-corrected chi connectivity index (χ1v) is 7.76. The van der Waals surface area contributed by atoms with Gasteiger partial charge in [-0.1, -0.05) is 23.3 Å². The third-order valence-electron chi connectivity index (χ3n) is 4.34. The fourth-order valence-corrected chi connectivity index (χ4v) is 3.28. The number of nitrogens with zero attached hydrogens (tertiary/aromatic N) is 3. The van der Waals surface area contributed by atoms with Crippen LogP contribution in [0, 0.1) is 0 Å². The van der Waals surface area contributed by atoms with Crippen LogP contribution in [0.2, 0.25) is 5.02 Å². The van der Waals surface area contributed by atoms with Gasteiger partial charge in [-0.2, -0.15) is 5.10 Å². The van der Waals surface area contributed by atoms with Crippen molar-refractivity contribution in [3.8, 4) is 0 Å². The average molecular weight is 296 g/mol. The second-order valence-electron chi connectivity index (χ2n) is 5.92. The molecule has 1 aromatic heterocycles. The molecule has 1 fully saturated rings. The van der Waals surface area contributed by atoms with Crippen molar-refractivity contribution in [2.24, 2.45) is 0 Å². The monoisotopic (exact) mass is 295 g/mol. The van der Waals surface area contributed by atoms with Gasteiger partial charge in [0, 0.05) is 25.8 Å². The standard InChI is InChI=1S/C15H22ClN3O/c1-13-2-9-20-15(10-13)3-5-18(6-4-15)7-8-19-12-14(16)11-17-19/h10-12H,2-9H2,1H3. The molecule has 0 aliphatic carbocycles. The van der Waals surface area contributed by atoms with Gasteiger partial charge >= 0.3 is 0 Å². The molecule has 3 rings (SSSR count). The molecule has 0 unspecified atom stereocenters. The van der Waals surface area contributed by atoms with E-state index < -0.39 is 0 Å². The zero-order valence-electron chi connectivity index (χ0n) is 12.0. The van der Waals surface area contributed by atoms with Gasteiger partial charge in [0.1, 0.15) is 0 Å².